The first-order valence-electron chi connectivity index (χ1n) is 7.60. The van der Waals surface area contributed by atoms with Crippen molar-refractivity contribution in [1.29, 1.82) is 0 Å². The summed E-state index contributed by atoms with van der Waals surface area (Å²) in [6.45, 7) is 0.215. The fraction of sp³-hybridized carbons (Fsp3) is 0.278. The molecule has 0 aliphatic carbocycles. The van der Waals surface area contributed by atoms with Crippen LogP contribution in [0.25, 0.3) is 0 Å². The maximum absolute atomic E-state index is 12.5. The number of amides is 1. The van der Waals surface area contributed by atoms with E-state index in [1.807, 2.05) is 30.3 Å². The molecule has 0 atom stereocenters. The summed E-state index contributed by atoms with van der Waals surface area (Å²) in [7, 11) is 3.33. The van der Waals surface area contributed by atoms with Crippen LogP contribution in [0.5, 0.6) is 5.75 Å². The summed E-state index contributed by atoms with van der Waals surface area (Å²) >= 11 is 0. The zero-order chi connectivity index (χ0) is 18.4. The molecule has 0 aromatic heterocycles. The first-order chi connectivity index (χ1) is 11.8. The number of alkyl halides is 3. The van der Waals surface area contributed by atoms with Gasteiger partial charge < -0.3 is 9.64 Å². The van der Waals surface area contributed by atoms with Crippen LogP contribution in [-0.2, 0) is 11.3 Å². The molecule has 0 saturated carbocycles. The van der Waals surface area contributed by atoms with Crippen LogP contribution in [0.2, 0.25) is 0 Å². The Morgan fingerprint density at radius 3 is 2.24 bits per heavy atom. The fourth-order valence-electron chi connectivity index (χ4n) is 2.34. The van der Waals surface area contributed by atoms with Gasteiger partial charge in [0, 0.05) is 24.8 Å². The molecule has 0 saturated heterocycles. The monoisotopic (exact) mass is 352 g/mol. The number of likely N-dealkylation sites (N-methyl/N-ethyl adjacent to an activating group) is 2. The molecule has 0 aliphatic heterocycles. The molecule has 25 heavy (non-hydrogen) atoms. The molecule has 0 N–H and O–H groups in total. The lowest BCUT2D eigenvalue weighted by atomic mass is 10.2. The summed E-state index contributed by atoms with van der Waals surface area (Å²) in [5.74, 6) is -0.423. The SMILES string of the molecule is CN(CC(=O)N(C)c1ccccc1)Cc1ccccc1OC(F)(F)F. The third kappa shape index (κ3) is 5.79. The van der Waals surface area contributed by atoms with Crippen LogP contribution in [0.15, 0.2) is 54.6 Å². The largest absolute Gasteiger partial charge is 0.573 e. The Morgan fingerprint density at radius 1 is 1.00 bits per heavy atom. The van der Waals surface area contributed by atoms with Crippen molar-refractivity contribution in [1.82, 2.24) is 4.90 Å². The molecule has 0 bridgehead atoms. The molecule has 2 rings (SSSR count). The van der Waals surface area contributed by atoms with E-state index in [1.54, 1.807) is 31.1 Å². The number of hydrogen-bond acceptors (Lipinski definition) is 3. The maximum atomic E-state index is 12.5. The highest BCUT2D eigenvalue weighted by Gasteiger charge is 2.32. The lowest BCUT2D eigenvalue weighted by molar-refractivity contribution is -0.275. The van der Waals surface area contributed by atoms with Crippen molar-refractivity contribution < 1.29 is 22.7 Å². The Labute approximate surface area is 144 Å². The highest BCUT2D eigenvalue weighted by Crippen LogP contribution is 2.27. The van der Waals surface area contributed by atoms with Crippen LogP contribution in [0.1, 0.15) is 5.56 Å². The Hall–Kier alpha value is -2.54. The molecule has 4 nitrogen and oxygen atoms in total. The Balaban J connectivity index is 2.01. The third-order valence-electron chi connectivity index (χ3n) is 3.56. The second kappa shape index (κ2) is 8.02. The van der Waals surface area contributed by atoms with Crippen LogP contribution in [0.3, 0.4) is 0 Å². The molecule has 1 amide bonds. The number of anilines is 1. The van der Waals surface area contributed by atoms with Gasteiger partial charge >= 0.3 is 6.36 Å². The minimum absolute atomic E-state index is 0.0613. The van der Waals surface area contributed by atoms with E-state index in [2.05, 4.69) is 4.74 Å². The van der Waals surface area contributed by atoms with Gasteiger partial charge in [0.25, 0.3) is 0 Å². The second-order valence-electron chi connectivity index (χ2n) is 5.62. The van der Waals surface area contributed by atoms with Gasteiger partial charge in [0.2, 0.25) is 5.91 Å². The number of carbonyl (C=O) groups is 1. The lowest BCUT2D eigenvalue weighted by Gasteiger charge is -2.23. The molecule has 0 spiro atoms. The maximum Gasteiger partial charge on any atom is 0.573 e. The molecule has 0 unspecified atom stereocenters. The minimum atomic E-state index is -4.75. The average Bonchev–Trinajstić information content (AvgIpc) is 2.55. The summed E-state index contributed by atoms with van der Waals surface area (Å²) in [6.07, 6.45) is -4.75. The second-order valence-corrected chi connectivity index (χ2v) is 5.62. The quantitative estimate of drug-likeness (QED) is 0.795. The number of rotatable bonds is 6. The van der Waals surface area contributed by atoms with Crippen LogP contribution < -0.4 is 9.64 Å². The Bertz CT molecular complexity index is 705. The van der Waals surface area contributed by atoms with Crippen LogP contribution in [0, 0.1) is 0 Å². The average molecular weight is 352 g/mol. The summed E-state index contributed by atoms with van der Waals surface area (Å²) in [5, 5.41) is 0. The predicted molar refractivity (Wildman–Crippen MR) is 89.3 cm³/mol. The van der Waals surface area contributed by atoms with Crippen molar-refractivity contribution in [2.24, 2.45) is 0 Å². The van der Waals surface area contributed by atoms with Crippen molar-refractivity contribution >= 4 is 11.6 Å². The van der Waals surface area contributed by atoms with Gasteiger partial charge in [0.1, 0.15) is 5.75 Å². The van der Waals surface area contributed by atoms with Gasteiger partial charge in [-0.3, -0.25) is 9.69 Å². The highest BCUT2D eigenvalue weighted by atomic mass is 19.4. The van der Waals surface area contributed by atoms with Gasteiger partial charge in [-0.25, -0.2) is 0 Å². The van der Waals surface area contributed by atoms with E-state index >= 15 is 0 Å². The molecule has 0 fully saturated rings. The third-order valence-corrected chi connectivity index (χ3v) is 3.56. The van der Waals surface area contributed by atoms with Crippen molar-refractivity contribution in [3.8, 4) is 5.75 Å². The van der Waals surface area contributed by atoms with Crippen LogP contribution >= 0.6 is 0 Å². The standard InChI is InChI=1S/C18H19F3N2O2/c1-22(13-17(24)23(2)15-9-4-3-5-10-15)12-14-8-6-7-11-16(14)25-18(19,20)21/h3-11H,12-13H2,1-2H3. The fourth-order valence-corrected chi connectivity index (χ4v) is 2.34. The molecule has 7 heteroatoms. The van der Waals surface area contributed by atoms with E-state index in [9.17, 15) is 18.0 Å². The lowest BCUT2D eigenvalue weighted by Crippen LogP contribution is -2.36. The number of ether oxygens (including phenoxy) is 1. The number of para-hydroxylation sites is 2. The van der Waals surface area contributed by atoms with Crippen molar-refractivity contribution in [3.63, 3.8) is 0 Å². The first kappa shape index (κ1) is 18.8. The van der Waals surface area contributed by atoms with Gasteiger partial charge in [-0.1, -0.05) is 36.4 Å². The number of hydrogen-bond donors (Lipinski definition) is 0. The molecular weight excluding hydrogens is 333 g/mol. The van der Waals surface area contributed by atoms with Gasteiger partial charge in [0.15, 0.2) is 0 Å². The summed E-state index contributed by atoms with van der Waals surface area (Å²) in [6, 6.07) is 15.0. The number of halogens is 3. The summed E-state index contributed by atoms with van der Waals surface area (Å²) in [4.78, 5) is 15.5. The number of carbonyl (C=O) groups excluding carboxylic acids is 1. The Morgan fingerprint density at radius 2 is 1.60 bits per heavy atom. The normalized spacial score (nSPS) is 11.4. The number of benzene rings is 2. The van der Waals surface area contributed by atoms with Gasteiger partial charge in [-0.05, 0) is 25.2 Å². The van der Waals surface area contributed by atoms with E-state index in [0.717, 1.165) is 5.69 Å². The van der Waals surface area contributed by atoms with Crippen LogP contribution in [-0.4, -0.2) is 37.8 Å². The van der Waals surface area contributed by atoms with E-state index in [0.29, 0.717) is 5.56 Å². The van der Waals surface area contributed by atoms with Gasteiger partial charge in [-0.15, -0.1) is 13.2 Å². The van der Waals surface area contributed by atoms with Gasteiger partial charge in [-0.2, -0.15) is 0 Å². The first-order valence-corrected chi connectivity index (χ1v) is 7.60. The van der Waals surface area contributed by atoms with E-state index < -0.39 is 6.36 Å². The zero-order valence-electron chi connectivity index (χ0n) is 14.0. The number of nitrogens with zero attached hydrogens (tertiary/aromatic N) is 2. The molecule has 2 aromatic carbocycles. The predicted octanol–water partition coefficient (Wildman–Crippen LogP) is 3.68. The van der Waals surface area contributed by atoms with Crippen molar-refractivity contribution in [2.75, 3.05) is 25.5 Å². The van der Waals surface area contributed by atoms with E-state index in [4.69, 9.17) is 0 Å². The van der Waals surface area contributed by atoms with Crippen molar-refractivity contribution in [2.45, 2.75) is 12.9 Å². The molecule has 0 radical (unpaired) electrons. The van der Waals surface area contributed by atoms with E-state index in [-0.39, 0.29) is 24.7 Å². The minimum Gasteiger partial charge on any atom is -0.405 e. The smallest absolute Gasteiger partial charge is 0.405 e. The molecule has 0 aliphatic rings. The van der Waals surface area contributed by atoms with Gasteiger partial charge in [0.05, 0.1) is 6.54 Å². The highest BCUT2D eigenvalue weighted by molar-refractivity contribution is 5.94. The molecule has 0 heterocycles. The van der Waals surface area contributed by atoms with Crippen LogP contribution in [0.4, 0.5) is 18.9 Å². The summed E-state index contributed by atoms with van der Waals surface area (Å²) < 4.78 is 41.4. The molecule has 134 valence electrons. The zero-order valence-corrected chi connectivity index (χ0v) is 14.0. The van der Waals surface area contributed by atoms with E-state index in [1.165, 1.54) is 17.0 Å². The summed E-state index contributed by atoms with van der Waals surface area (Å²) in [5.41, 5.74) is 1.11. The molecule has 2 aromatic rings. The topological polar surface area (TPSA) is 32.8 Å². The molecular formula is C18H19F3N2O2. The Kier molecular flexibility index (Phi) is 6.03. The van der Waals surface area contributed by atoms with Crippen molar-refractivity contribution in [3.05, 3.63) is 60.2 Å².